The average Bonchev–Trinajstić information content (AvgIpc) is 3.32. The Bertz CT molecular complexity index is 967. The molecule has 1 amide bonds. The number of nitrogens with one attached hydrogen (secondary N) is 2. The van der Waals surface area contributed by atoms with E-state index >= 15 is 0 Å². The first-order valence-electron chi connectivity index (χ1n) is 9.97. The molecule has 3 heterocycles. The quantitative estimate of drug-likeness (QED) is 0.637. The van der Waals surface area contributed by atoms with E-state index in [4.69, 9.17) is 9.47 Å². The molecule has 1 aliphatic heterocycles. The van der Waals surface area contributed by atoms with Gasteiger partial charge in [0.05, 0.1) is 43.6 Å². The molecule has 2 aromatic rings. The topological polar surface area (TPSA) is 94.5 Å². The maximum Gasteiger partial charge on any atom is 0.391 e. The van der Waals surface area contributed by atoms with Gasteiger partial charge in [-0.25, -0.2) is 9.78 Å². The first kappa shape index (κ1) is 22.9. The number of fused-ring (bicyclic) bond motifs is 1. The van der Waals surface area contributed by atoms with Gasteiger partial charge in [0.15, 0.2) is 5.69 Å². The van der Waals surface area contributed by atoms with Crippen molar-refractivity contribution in [3.05, 3.63) is 18.0 Å². The van der Waals surface area contributed by atoms with Gasteiger partial charge in [-0.3, -0.25) is 4.79 Å². The lowest BCUT2D eigenvalue weighted by Crippen LogP contribution is -2.24. The van der Waals surface area contributed by atoms with Crippen molar-refractivity contribution in [3.8, 4) is 0 Å². The van der Waals surface area contributed by atoms with Crippen LogP contribution >= 0.6 is 0 Å². The number of amides is 1. The number of ether oxygens (including phenoxy) is 2. The first-order valence-corrected chi connectivity index (χ1v) is 9.97. The Balaban J connectivity index is 2.03. The molecule has 2 atom stereocenters. The smallest absolute Gasteiger partial charge is 0.391 e. The molecule has 2 aromatic heterocycles. The van der Waals surface area contributed by atoms with E-state index in [1.54, 1.807) is 10.6 Å². The number of anilines is 2. The highest BCUT2D eigenvalue weighted by atomic mass is 19.4. The summed E-state index contributed by atoms with van der Waals surface area (Å²) in [5, 5.41) is 6.00. The van der Waals surface area contributed by atoms with Gasteiger partial charge in [0.1, 0.15) is 5.65 Å². The zero-order chi connectivity index (χ0) is 22.8. The predicted molar refractivity (Wildman–Crippen MR) is 108 cm³/mol. The highest BCUT2D eigenvalue weighted by molar-refractivity contribution is 6.11. The van der Waals surface area contributed by atoms with Crippen LogP contribution in [0, 0.1) is 5.92 Å². The zero-order valence-electron chi connectivity index (χ0n) is 17.5. The van der Waals surface area contributed by atoms with Crippen LogP contribution in [-0.2, 0) is 20.8 Å². The number of carbonyl (C=O) groups excluding carboxylic acids is 2. The van der Waals surface area contributed by atoms with Crippen molar-refractivity contribution < 1.29 is 32.2 Å². The molecular formula is C20H25F3N4O4. The number of methoxy groups -OCH3 is 1. The fourth-order valence-corrected chi connectivity index (χ4v) is 3.70. The van der Waals surface area contributed by atoms with Crippen LogP contribution in [0.25, 0.3) is 11.0 Å². The van der Waals surface area contributed by atoms with Crippen LogP contribution in [0.5, 0.6) is 0 Å². The number of pyridine rings is 1. The summed E-state index contributed by atoms with van der Waals surface area (Å²) in [7, 11) is 1.23. The maximum absolute atomic E-state index is 12.7. The molecule has 0 spiro atoms. The molecule has 2 N–H and O–H groups in total. The number of nitrogens with zero attached hydrogens (tertiary/aromatic N) is 2. The van der Waals surface area contributed by atoms with Crippen LogP contribution in [0.3, 0.4) is 0 Å². The number of hydrogen-bond acceptors (Lipinski definition) is 6. The highest BCUT2D eigenvalue weighted by Gasteiger charge is 2.31. The molecule has 31 heavy (non-hydrogen) atoms. The lowest BCUT2D eigenvalue weighted by molar-refractivity contribution is -0.136. The van der Waals surface area contributed by atoms with E-state index in [-0.39, 0.29) is 29.8 Å². The molecule has 0 radical (unpaired) electrons. The van der Waals surface area contributed by atoms with Crippen LogP contribution in [-0.4, -0.2) is 54.0 Å². The predicted octanol–water partition coefficient (Wildman–Crippen LogP) is 3.57. The summed E-state index contributed by atoms with van der Waals surface area (Å²) < 4.78 is 49.8. The van der Waals surface area contributed by atoms with E-state index in [0.717, 1.165) is 0 Å². The van der Waals surface area contributed by atoms with Gasteiger partial charge in [0.25, 0.3) is 0 Å². The molecule has 0 bridgehead atoms. The van der Waals surface area contributed by atoms with Gasteiger partial charge >= 0.3 is 12.1 Å². The summed E-state index contributed by atoms with van der Waals surface area (Å²) in [6, 6.07) is 0.690. The van der Waals surface area contributed by atoms with Gasteiger partial charge in [-0.1, -0.05) is 0 Å². The Morgan fingerprint density at radius 3 is 2.74 bits per heavy atom. The van der Waals surface area contributed by atoms with E-state index in [1.807, 2.05) is 6.92 Å². The third-order valence-electron chi connectivity index (χ3n) is 5.09. The normalized spacial score (nSPS) is 17.5. The van der Waals surface area contributed by atoms with Crippen molar-refractivity contribution in [2.75, 3.05) is 31.0 Å². The number of hydrogen-bond donors (Lipinski definition) is 2. The molecule has 0 aliphatic carbocycles. The van der Waals surface area contributed by atoms with Crippen molar-refractivity contribution in [1.82, 2.24) is 9.55 Å². The zero-order valence-corrected chi connectivity index (χ0v) is 17.5. The van der Waals surface area contributed by atoms with Gasteiger partial charge in [0.2, 0.25) is 5.91 Å². The first-order chi connectivity index (χ1) is 14.6. The lowest BCUT2D eigenvalue weighted by Gasteiger charge is -2.17. The molecule has 11 heteroatoms. The average molecular weight is 442 g/mol. The Labute approximate surface area is 177 Å². The van der Waals surface area contributed by atoms with Crippen LogP contribution in [0.1, 0.15) is 37.2 Å². The second-order valence-corrected chi connectivity index (χ2v) is 7.47. The molecule has 0 unspecified atom stereocenters. The molecule has 170 valence electrons. The van der Waals surface area contributed by atoms with E-state index < -0.39 is 24.6 Å². The standard InChI is InChI=1S/C20H25F3N4O4/c1-4-27-16(19(29)30-3)15(26-18(28)12-5-6-31-10-12)14-7-13(9-24-17(14)27)25-11(2)8-20(21,22)23/h7,9,11-12,25H,4-6,8,10H2,1-3H3,(H,26,28)/t11-,12-/m0/s1. The number of alkyl halides is 3. The van der Waals surface area contributed by atoms with Crippen LogP contribution in [0.4, 0.5) is 24.5 Å². The number of rotatable bonds is 7. The summed E-state index contributed by atoms with van der Waals surface area (Å²) in [4.78, 5) is 29.6. The molecule has 1 fully saturated rings. The lowest BCUT2D eigenvalue weighted by atomic mass is 10.1. The molecule has 0 saturated carbocycles. The number of carbonyl (C=O) groups is 2. The number of aromatic nitrogens is 2. The summed E-state index contributed by atoms with van der Waals surface area (Å²) >= 11 is 0. The van der Waals surface area contributed by atoms with Crippen molar-refractivity contribution in [2.45, 2.75) is 45.5 Å². The van der Waals surface area contributed by atoms with Gasteiger partial charge in [-0.05, 0) is 26.3 Å². The van der Waals surface area contributed by atoms with Crippen molar-refractivity contribution in [1.29, 1.82) is 0 Å². The van der Waals surface area contributed by atoms with E-state index in [2.05, 4.69) is 15.6 Å². The largest absolute Gasteiger partial charge is 0.464 e. The van der Waals surface area contributed by atoms with Crippen LogP contribution < -0.4 is 10.6 Å². The van der Waals surface area contributed by atoms with E-state index in [9.17, 15) is 22.8 Å². The number of esters is 1. The van der Waals surface area contributed by atoms with Gasteiger partial charge < -0.3 is 24.7 Å². The van der Waals surface area contributed by atoms with E-state index in [0.29, 0.717) is 36.3 Å². The third kappa shape index (κ3) is 5.09. The van der Waals surface area contributed by atoms with Crippen LogP contribution in [0.15, 0.2) is 12.3 Å². The van der Waals surface area contributed by atoms with E-state index in [1.165, 1.54) is 20.2 Å². The molecular weight excluding hydrogens is 417 g/mol. The Morgan fingerprint density at radius 2 is 2.16 bits per heavy atom. The third-order valence-corrected chi connectivity index (χ3v) is 5.09. The summed E-state index contributed by atoms with van der Waals surface area (Å²) in [5.41, 5.74) is 1.10. The number of aryl methyl sites for hydroxylation is 1. The minimum absolute atomic E-state index is 0.125. The molecule has 1 aliphatic rings. The second kappa shape index (κ2) is 9.13. The fourth-order valence-electron chi connectivity index (χ4n) is 3.70. The molecule has 0 aromatic carbocycles. The summed E-state index contributed by atoms with van der Waals surface area (Å²) in [6.07, 6.45) is -3.36. The van der Waals surface area contributed by atoms with Crippen LogP contribution in [0.2, 0.25) is 0 Å². The maximum atomic E-state index is 12.7. The van der Waals surface area contributed by atoms with Gasteiger partial charge in [-0.2, -0.15) is 13.2 Å². The SMILES string of the molecule is CCn1c(C(=O)OC)c(NC(=O)[C@H]2CCOC2)c2cc(N[C@@H](C)CC(F)(F)F)cnc21. The Morgan fingerprint density at radius 1 is 1.42 bits per heavy atom. The summed E-state index contributed by atoms with van der Waals surface area (Å²) in [6.45, 7) is 4.35. The minimum atomic E-state index is -4.31. The highest BCUT2D eigenvalue weighted by Crippen LogP contribution is 2.34. The van der Waals surface area contributed by atoms with Gasteiger partial charge in [0, 0.05) is 24.6 Å². The van der Waals surface area contributed by atoms with Crippen molar-refractivity contribution in [3.63, 3.8) is 0 Å². The Kier molecular flexibility index (Phi) is 6.73. The summed E-state index contributed by atoms with van der Waals surface area (Å²) in [5.74, 6) is -1.31. The van der Waals surface area contributed by atoms with Crippen molar-refractivity contribution in [2.24, 2.45) is 5.92 Å². The second-order valence-electron chi connectivity index (χ2n) is 7.47. The fraction of sp³-hybridized carbons (Fsp3) is 0.550. The Hall–Kier alpha value is -2.82. The molecule has 8 nitrogen and oxygen atoms in total. The molecule has 1 saturated heterocycles. The molecule has 3 rings (SSSR count). The van der Waals surface area contributed by atoms with Gasteiger partial charge in [-0.15, -0.1) is 0 Å². The number of halogens is 3. The monoisotopic (exact) mass is 442 g/mol. The minimum Gasteiger partial charge on any atom is -0.464 e. The van der Waals surface area contributed by atoms with Crippen molar-refractivity contribution >= 4 is 34.3 Å².